The van der Waals surface area contributed by atoms with Crippen molar-refractivity contribution in [1.29, 1.82) is 0 Å². The van der Waals surface area contributed by atoms with Gasteiger partial charge < -0.3 is 5.32 Å². The van der Waals surface area contributed by atoms with Gasteiger partial charge in [0.25, 0.3) is 0 Å². The summed E-state index contributed by atoms with van der Waals surface area (Å²) in [5, 5.41) is 3.29. The molecule has 2 rings (SSSR count). The summed E-state index contributed by atoms with van der Waals surface area (Å²) in [7, 11) is -2.95. The number of hydrogen-bond donors (Lipinski definition) is 1. The predicted molar refractivity (Wildman–Crippen MR) is 79.0 cm³/mol. The second-order valence-corrected chi connectivity index (χ2v) is 7.91. The fraction of sp³-hybridized carbons (Fsp3) is 0.600. The zero-order valence-electron chi connectivity index (χ0n) is 11.9. The van der Waals surface area contributed by atoms with Gasteiger partial charge in [-0.05, 0) is 37.8 Å². The number of rotatable bonds is 4. The molecule has 19 heavy (non-hydrogen) atoms. The molecule has 0 radical (unpaired) electrons. The topological polar surface area (TPSA) is 46.2 Å². The van der Waals surface area contributed by atoms with Gasteiger partial charge in [0.15, 0.2) is 9.84 Å². The summed E-state index contributed by atoms with van der Waals surface area (Å²) in [4.78, 5) is 0. The lowest BCUT2D eigenvalue weighted by Gasteiger charge is -2.25. The average molecular weight is 281 g/mol. The molecule has 0 amide bonds. The number of benzene rings is 1. The molecule has 1 aliphatic rings. The minimum atomic E-state index is -2.95. The first-order valence-corrected chi connectivity index (χ1v) is 8.85. The Morgan fingerprint density at radius 1 is 1.26 bits per heavy atom. The van der Waals surface area contributed by atoms with Crippen LogP contribution in [0.15, 0.2) is 24.3 Å². The molecule has 0 spiro atoms. The van der Waals surface area contributed by atoms with Gasteiger partial charge in [-0.3, -0.25) is 0 Å². The van der Waals surface area contributed by atoms with Crippen LogP contribution >= 0.6 is 0 Å². The van der Waals surface area contributed by atoms with E-state index in [1.165, 1.54) is 17.4 Å². The van der Waals surface area contributed by atoms with Gasteiger partial charge in [0.05, 0.1) is 5.25 Å². The second kappa shape index (κ2) is 5.63. The molecule has 0 aliphatic heterocycles. The molecule has 0 aromatic heterocycles. The van der Waals surface area contributed by atoms with Gasteiger partial charge in [0, 0.05) is 18.3 Å². The van der Waals surface area contributed by atoms with E-state index in [1.54, 1.807) is 0 Å². The van der Waals surface area contributed by atoms with Crippen molar-refractivity contribution >= 4 is 9.84 Å². The molecule has 0 heterocycles. The third kappa shape index (κ3) is 3.37. The second-order valence-electron chi connectivity index (χ2n) is 5.65. The predicted octanol–water partition coefficient (Wildman–Crippen LogP) is 2.61. The highest BCUT2D eigenvalue weighted by atomic mass is 32.2. The highest BCUT2D eigenvalue weighted by Gasteiger charge is 2.35. The van der Waals surface area contributed by atoms with E-state index in [0.717, 1.165) is 19.3 Å². The van der Waals surface area contributed by atoms with Gasteiger partial charge in [-0.1, -0.05) is 30.7 Å². The Kier molecular flexibility index (Phi) is 4.31. The van der Waals surface area contributed by atoms with Crippen LogP contribution in [-0.4, -0.2) is 26.0 Å². The molecule has 4 heteroatoms. The molecular formula is C15H23NO2S. The summed E-state index contributed by atoms with van der Waals surface area (Å²) in [6.07, 6.45) is 4.09. The lowest BCUT2D eigenvalue weighted by Crippen LogP contribution is -2.41. The maximum absolute atomic E-state index is 11.8. The van der Waals surface area contributed by atoms with Crippen molar-refractivity contribution in [2.24, 2.45) is 0 Å². The highest BCUT2D eigenvalue weighted by Crippen LogP contribution is 2.28. The van der Waals surface area contributed by atoms with E-state index < -0.39 is 9.84 Å². The summed E-state index contributed by atoms with van der Waals surface area (Å²) in [5.41, 5.74) is 2.50. The smallest absolute Gasteiger partial charge is 0.151 e. The van der Waals surface area contributed by atoms with Crippen molar-refractivity contribution in [3.63, 3.8) is 0 Å². The van der Waals surface area contributed by atoms with Gasteiger partial charge in [0.2, 0.25) is 0 Å². The molecule has 3 nitrogen and oxygen atoms in total. The standard InChI is InChI=1S/C15H23NO2S/c1-11-7-4-5-8-13(11)12(2)16-14-9-6-10-15(14)19(3,17)18/h4-5,7-8,12,14-16H,6,9-10H2,1-3H3/t12-,14?,15?/m1/s1. The van der Waals surface area contributed by atoms with Crippen LogP contribution in [0, 0.1) is 6.92 Å². The Hall–Kier alpha value is -0.870. The number of sulfone groups is 1. The molecule has 1 aliphatic carbocycles. The molecule has 1 fully saturated rings. The largest absolute Gasteiger partial charge is 0.306 e. The summed E-state index contributed by atoms with van der Waals surface area (Å²) in [6.45, 7) is 4.20. The normalized spacial score (nSPS) is 25.4. The van der Waals surface area contributed by atoms with Gasteiger partial charge in [0.1, 0.15) is 0 Å². The molecule has 106 valence electrons. The quantitative estimate of drug-likeness (QED) is 0.923. The van der Waals surface area contributed by atoms with Crippen molar-refractivity contribution in [2.45, 2.75) is 50.4 Å². The Labute approximate surface area is 116 Å². The minimum absolute atomic E-state index is 0.0876. The zero-order chi connectivity index (χ0) is 14.0. The van der Waals surface area contributed by atoms with Gasteiger partial charge in [-0.15, -0.1) is 0 Å². The first kappa shape index (κ1) is 14.5. The summed E-state index contributed by atoms with van der Waals surface area (Å²) in [6, 6.07) is 8.54. The molecule has 3 atom stereocenters. The number of aryl methyl sites for hydroxylation is 1. The molecule has 0 bridgehead atoms. The van der Waals surface area contributed by atoms with E-state index in [1.807, 2.05) is 12.1 Å². The third-order valence-corrected chi connectivity index (χ3v) is 5.79. The fourth-order valence-corrected chi connectivity index (χ4v) is 4.52. The number of nitrogens with one attached hydrogen (secondary N) is 1. The van der Waals surface area contributed by atoms with Gasteiger partial charge in [-0.2, -0.15) is 0 Å². The van der Waals surface area contributed by atoms with Gasteiger partial charge >= 0.3 is 0 Å². The lowest BCUT2D eigenvalue weighted by molar-refractivity contribution is 0.455. The maximum Gasteiger partial charge on any atom is 0.151 e. The van der Waals surface area contributed by atoms with Crippen LogP contribution < -0.4 is 5.32 Å². The van der Waals surface area contributed by atoms with E-state index in [9.17, 15) is 8.42 Å². The molecular weight excluding hydrogens is 258 g/mol. The summed E-state index contributed by atoms with van der Waals surface area (Å²) in [5.74, 6) is 0. The van der Waals surface area contributed by atoms with E-state index in [2.05, 4.69) is 31.3 Å². The summed E-state index contributed by atoms with van der Waals surface area (Å²) < 4.78 is 23.6. The molecule has 1 aromatic carbocycles. The zero-order valence-corrected chi connectivity index (χ0v) is 12.7. The highest BCUT2D eigenvalue weighted by molar-refractivity contribution is 7.91. The fourth-order valence-electron chi connectivity index (χ4n) is 3.11. The SMILES string of the molecule is Cc1ccccc1[C@@H](C)NC1CCCC1S(C)(=O)=O. The monoisotopic (exact) mass is 281 g/mol. The van der Waals surface area contributed by atoms with Crippen molar-refractivity contribution < 1.29 is 8.42 Å². The Morgan fingerprint density at radius 2 is 1.95 bits per heavy atom. The molecule has 1 saturated carbocycles. The van der Waals surface area contributed by atoms with Crippen molar-refractivity contribution in [3.05, 3.63) is 35.4 Å². The van der Waals surface area contributed by atoms with E-state index in [0.29, 0.717) is 0 Å². The molecule has 0 saturated heterocycles. The minimum Gasteiger partial charge on any atom is -0.306 e. The Bertz CT molecular complexity index is 539. The van der Waals surface area contributed by atoms with Crippen LogP contribution in [0.4, 0.5) is 0 Å². The van der Waals surface area contributed by atoms with Crippen LogP contribution in [0.2, 0.25) is 0 Å². The van der Waals surface area contributed by atoms with Crippen molar-refractivity contribution in [3.8, 4) is 0 Å². The van der Waals surface area contributed by atoms with Crippen LogP contribution in [0.3, 0.4) is 0 Å². The van der Waals surface area contributed by atoms with Crippen LogP contribution in [0.25, 0.3) is 0 Å². The van der Waals surface area contributed by atoms with Gasteiger partial charge in [-0.25, -0.2) is 8.42 Å². The van der Waals surface area contributed by atoms with Crippen LogP contribution in [-0.2, 0) is 9.84 Å². The molecule has 1 N–H and O–H groups in total. The summed E-state index contributed by atoms with van der Waals surface area (Å²) >= 11 is 0. The molecule has 2 unspecified atom stereocenters. The number of hydrogen-bond acceptors (Lipinski definition) is 3. The van der Waals surface area contributed by atoms with E-state index >= 15 is 0 Å². The van der Waals surface area contributed by atoms with Crippen molar-refractivity contribution in [1.82, 2.24) is 5.32 Å². The first-order chi connectivity index (χ1) is 8.89. The third-order valence-electron chi connectivity index (χ3n) is 4.12. The van der Waals surface area contributed by atoms with Crippen molar-refractivity contribution in [2.75, 3.05) is 6.26 Å². The van der Waals surface area contributed by atoms with Crippen LogP contribution in [0.5, 0.6) is 0 Å². The van der Waals surface area contributed by atoms with E-state index in [-0.39, 0.29) is 17.3 Å². The molecule has 1 aromatic rings. The first-order valence-electron chi connectivity index (χ1n) is 6.90. The van der Waals surface area contributed by atoms with E-state index in [4.69, 9.17) is 0 Å². The maximum atomic E-state index is 11.8. The Balaban J connectivity index is 2.11. The van der Waals surface area contributed by atoms with Crippen LogP contribution in [0.1, 0.15) is 43.4 Å². The lowest BCUT2D eigenvalue weighted by atomic mass is 10.0. The average Bonchev–Trinajstić information content (AvgIpc) is 2.77. The Morgan fingerprint density at radius 3 is 2.58 bits per heavy atom.